The Kier molecular flexibility index (Phi) is 6.55. The highest BCUT2D eigenvalue weighted by molar-refractivity contribution is 8.15. The average Bonchev–Trinajstić information content (AvgIpc) is 3.28. The van der Waals surface area contributed by atoms with Gasteiger partial charge >= 0.3 is 0 Å². The topological polar surface area (TPSA) is 119 Å². The second-order valence-electron chi connectivity index (χ2n) is 9.00. The van der Waals surface area contributed by atoms with Crippen molar-refractivity contribution < 1.29 is 9.84 Å². The van der Waals surface area contributed by atoms with Gasteiger partial charge in [0.1, 0.15) is 16.0 Å². The molecule has 5 rings (SSSR count). The number of nitrogens with zero attached hydrogens (tertiary/aromatic N) is 4. The lowest BCUT2D eigenvalue weighted by Gasteiger charge is -2.32. The summed E-state index contributed by atoms with van der Waals surface area (Å²) in [7, 11) is 0. The smallest absolute Gasteiger partial charge is 0.116 e. The molecule has 0 amide bonds. The van der Waals surface area contributed by atoms with Crippen LogP contribution in [-0.4, -0.2) is 48.9 Å². The van der Waals surface area contributed by atoms with E-state index in [4.69, 9.17) is 15.4 Å². The molecule has 9 heteroatoms. The summed E-state index contributed by atoms with van der Waals surface area (Å²) in [5.41, 5.74) is 4.39. The van der Waals surface area contributed by atoms with Crippen LogP contribution < -0.4 is 5.32 Å². The first-order valence-electron chi connectivity index (χ1n) is 11.8. The Morgan fingerprint density at radius 3 is 2.76 bits per heavy atom. The van der Waals surface area contributed by atoms with E-state index >= 15 is 0 Å². The van der Waals surface area contributed by atoms with Crippen LogP contribution >= 0.6 is 11.8 Å². The minimum atomic E-state index is -0.885. The molecule has 34 heavy (non-hydrogen) atoms. The molecular weight excluding hydrogens is 448 g/mol. The molecule has 1 aliphatic carbocycles. The first-order valence-corrected chi connectivity index (χ1v) is 12.6. The zero-order chi connectivity index (χ0) is 23.5. The number of hydrogen-bond acceptors (Lipinski definition) is 8. The molecule has 3 N–H and O–H groups in total. The van der Waals surface area contributed by atoms with Gasteiger partial charge < -0.3 is 15.2 Å². The normalized spacial score (nSPS) is 18.5. The summed E-state index contributed by atoms with van der Waals surface area (Å²) in [6.45, 7) is 1.43. The standard InChI is InChI=1S/C25H28N6O2S/c26-14-17-12-19-4-5-23(31(19)29-15-17)22-13-21(30-18-6-10-33-11-7-18)20(16-28-22)24(27)34-25(32)8-2-1-3-9-25/h4-5,12-13,15-16,18,27,32H,1-3,6-11H2,(H,28,30). The average molecular weight is 477 g/mol. The van der Waals surface area contributed by atoms with Gasteiger partial charge in [0.25, 0.3) is 0 Å². The van der Waals surface area contributed by atoms with Crippen LogP contribution in [0.5, 0.6) is 0 Å². The maximum atomic E-state index is 11.0. The maximum absolute atomic E-state index is 11.0. The Hall–Kier alpha value is -2.93. The van der Waals surface area contributed by atoms with E-state index in [0.717, 1.165) is 54.7 Å². The van der Waals surface area contributed by atoms with Crippen molar-refractivity contribution in [2.24, 2.45) is 0 Å². The van der Waals surface area contributed by atoms with E-state index in [1.807, 2.05) is 18.2 Å². The SMILES string of the molecule is N#Cc1cnn2c(-c3cc(NC4CCOCC4)c(C(=N)SC4(O)CCCCC4)cn3)ccc2c1. The van der Waals surface area contributed by atoms with E-state index < -0.39 is 4.93 Å². The van der Waals surface area contributed by atoms with E-state index in [0.29, 0.717) is 42.2 Å². The van der Waals surface area contributed by atoms with Gasteiger partial charge in [-0.05, 0) is 62.8 Å². The summed E-state index contributed by atoms with van der Waals surface area (Å²) < 4.78 is 7.28. The molecule has 1 saturated heterocycles. The van der Waals surface area contributed by atoms with Crippen molar-refractivity contribution in [3.05, 3.63) is 47.8 Å². The number of fused-ring (bicyclic) bond motifs is 1. The molecule has 3 aromatic rings. The largest absolute Gasteiger partial charge is 0.381 e. The van der Waals surface area contributed by atoms with E-state index in [1.165, 1.54) is 11.8 Å². The molecule has 0 bridgehead atoms. The highest BCUT2D eigenvalue weighted by Crippen LogP contribution is 2.40. The molecule has 0 unspecified atom stereocenters. The van der Waals surface area contributed by atoms with Crippen LogP contribution in [0.3, 0.4) is 0 Å². The fourth-order valence-corrected chi connectivity index (χ4v) is 5.81. The Morgan fingerprint density at radius 2 is 2.00 bits per heavy atom. The summed E-state index contributed by atoms with van der Waals surface area (Å²) in [5, 5.41) is 37.4. The Balaban J connectivity index is 1.49. The lowest BCUT2D eigenvalue weighted by atomic mass is 9.97. The third kappa shape index (κ3) is 4.80. The van der Waals surface area contributed by atoms with Crippen LogP contribution in [0.4, 0.5) is 5.69 Å². The molecule has 2 aliphatic rings. The van der Waals surface area contributed by atoms with E-state index in [1.54, 1.807) is 23.0 Å². The molecule has 0 aromatic carbocycles. The highest BCUT2D eigenvalue weighted by Gasteiger charge is 2.32. The van der Waals surface area contributed by atoms with Gasteiger partial charge in [-0.1, -0.05) is 18.2 Å². The number of aromatic nitrogens is 3. The molecule has 3 aromatic heterocycles. The lowest BCUT2D eigenvalue weighted by Crippen LogP contribution is -2.30. The second kappa shape index (κ2) is 9.74. The minimum Gasteiger partial charge on any atom is -0.381 e. The van der Waals surface area contributed by atoms with Gasteiger partial charge in [0, 0.05) is 36.7 Å². The quantitative estimate of drug-likeness (QED) is 0.280. The number of aliphatic hydroxyl groups is 1. The van der Waals surface area contributed by atoms with Gasteiger partial charge in [0.15, 0.2) is 0 Å². The zero-order valence-electron chi connectivity index (χ0n) is 19.0. The van der Waals surface area contributed by atoms with Gasteiger partial charge in [-0.2, -0.15) is 10.4 Å². The van der Waals surface area contributed by atoms with Crippen LogP contribution in [0.25, 0.3) is 16.9 Å². The monoisotopic (exact) mass is 476 g/mol. The number of thioether (sulfide) groups is 1. The predicted molar refractivity (Wildman–Crippen MR) is 133 cm³/mol. The number of rotatable bonds is 5. The predicted octanol–water partition coefficient (Wildman–Crippen LogP) is 4.57. The summed E-state index contributed by atoms with van der Waals surface area (Å²) in [6, 6.07) is 9.99. The molecule has 0 radical (unpaired) electrons. The van der Waals surface area contributed by atoms with Crippen molar-refractivity contribution in [1.82, 2.24) is 14.6 Å². The molecule has 176 valence electrons. The fourth-order valence-electron chi connectivity index (χ4n) is 4.66. The summed E-state index contributed by atoms with van der Waals surface area (Å²) in [6.07, 6.45) is 9.60. The van der Waals surface area contributed by atoms with Crippen molar-refractivity contribution in [3.63, 3.8) is 0 Å². The van der Waals surface area contributed by atoms with Crippen molar-refractivity contribution in [2.45, 2.75) is 55.9 Å². The van der Waals surface area contributed by atoms with Gasteiger partial charge in [0.2, 0.25) is 0 Å². The van der Waals surface area contributed by atoms with Crippen LogP contribution in [0.15, 0.2) is 36.7 Å². The number of hydrogen-bond donors (Lipinski definition) is 3. The van der Waals surface area contributed by atoms with Crippen LogP contribution in [0.2, 0.25) is 0 Å². The van der Waals surface area contributed by atoms with Crippen LogP contribution in [0, 0.1) is 16.7 Å². The second-order valence-corrected chi connectivity index (χ2v) is 10.4. The third-order valence-electron chi connectivity index (χ3n) is 6.55. The minimum absolute atomic E-state index is 0.249. The van der Waals surface area contributed by atoms with E-state index in [9.17, 15) is 5.11 Å². The van der Waals surface area contributed by atoms with Crippen molar-refractivity contribution in [2.75, 3.05) is 18.5 Å². The van der Waals surface area contributed by atoms with Gasteiger partial charge in [0.05, 0.1) is 28.7 Å². The van der Waals surface area contributed by atoms with Gasteiger partial charge in [-0.25, -0.2) is 4.52 Å². The molecule has 2 fully saturated rings. The number of nitrogens with one attached hydrogen (secondary N) is 2. The lowest BCUT2D eigenvalue weighted by molar-refractivity contribution is 0.0904. The maximum Gasteiger partial charge on any atom is 0.116 e. The molecule has 0 spiro atoms. The fraction of sp³-hybridized carbons (Fsp3) is 0.440. The van der Waals surface area contributed by atoms with Crippen molar-refractivity contribution in [1.29, 1.82) is 10.7 Å². The molecule has 4 heterocycles. The number of anilines is 1. The molecule has 8 nitrogen and oxygen atoms in total. The third-order valence-corrected chi connectivity index (χ3v) is 7.76. The number of ether oxygens (including phenoxy) is 1. The first kappa shape index (κ1) is 22.8. The summed E-state index contributed by atoms with van der Waals surface area (Å²) >= 11 is 1.25. The van der Waals surface area contributed by atoms with Crippen molar-refractivity contribution in [3.8, 4) is 17.5 Å². The molecule has 1 aliphatic heterocycles. The molecule has 0 atom stereocenters. The molecular formula is C25H28N6O2S. The Bertz CT molecular complexity index is 1240. The first-order chi connectivity index (χ1) is 16.5. The number of nitriles is 1. The van der Waals surface area contributed by atoms with Gasteiger partial charge in [-0.3, -0.25) is 10.4 Å². The van der Waals surface area contributed by atoms with Crippen LogP contribution in [0.1, 0.15) is 56.1 Å². The highest BCUT2D eigenvalue weighted by atomic mass is 32.2. The summed E-state index contributed by atoms with van der Waals surface area (Å²) in [4.78, 5) is 3.79. The number of pyridine rings is 1. The van der Waals surface area contributed by atoms with E-state index in [-0.39, 0.29) is 6.04 Å². The van der Waals surface area contributed by atoms with E-state index in [2.05, 4.69) is 21.5 Å². The summed E-state index contributed by atoms with van der Waals surface area (Å²) in [5.74, 6) is 0. The van der Waals surface area contributed by atoms with Crippen LogP contribution in [-0.2, 0) is 4.74 Å². The van der Waals surface area contributed by atoms with Crippen molar-refractivity contribution >= 4 is 28.0 Å². The molecule has 1 saturated carbocycles. The van der Waals surface area contributed by atoms with Gasteiger partial charge in [-0.15, -0.1) is 0 Å². The Labute approximate surface area is 202 Å². The zero-order valence-corrected chi connectivity index (χ0v) is 19.8. The Morgan fingerprint density at radius 1 is 1.21 bits per heavy atom.